The van der Waals surface area contributed by atoms with Crippen LogP contribution in [0.5, 0.6) is 0 Å². The van der Waals surface area contributed by atoms with E-state index in [9.17, 15) is 4.79 Å². The second kappa shape index (κ2) is 3.36. The van der Waals surface area contributed by atoms with Crippen LogP contribution in [0.2, 0.25) is 0 Å². The van der Waals surface area contributed by atoms with Gasteiger partial charge in [-0.25, -0.2) is 4.79 Å². The van der Waals surface area contributed by atoms with Crippen molar-refractivity contribution in [2.45, 2.75) is 13.0 Å². The first kappa shape index (κ1) is 7.35. The molecule has 0 aliphatic heterocycles. The highest BCUT2D eigenvalue weighted by molar-refractivity contribution is 5.74. The highest BCUT2D eigenvalue weighted by atomic mass is 16.9. The molecule has 0 aromatic heterocycles. The largest absolute Gasteiger partial charge is 0.344 e. The predicted molar refractivity (Wildman–Crippen MR) is 24.7 cm³/mol. The molecule has 0 heterocycles. The van der Waals surface area contributed by atoms with Crippen molar-refractivity contribution in [1.29, 1.82) is 0 Å². The zero-order valence-corrected chi connectivity index (χ0v) is 4.42. The van der Waals surface area contributed by atoms with Crippen molar-refractivity contribution in [3.05, 3.63) is 0 Å². The third kappa shape index (κ3) is 2.51. The standard InChI is InChI=1S/C3H8N2O3/c1-2(4)3(6)8-5-7/h2,5,7H,4H2,1H3/t2-/m0/s1. The summed E-state index contributed by atoms with van der Waals surface area (Å²) in [5, 5.41) is 7.74. The van der Waals surface area contributed by atoms with E-state index in [1.165, 1.54) is 12.6 Å². The first-order chi connectivity index (χ1) is 3.68. The SMILES string of the molecule is C[C@H](N)C(=O)ONO. The fourth-order valence-electron chi connectivity index (χ4n) is 0.138. The van der Waals surface area contributed by atoms with E-state index in [-0.39, 0.29) is 0 Å². The van der Waals surface area contributed by atoms with E-state index >= 15 is 0 Å². The van der Waals surface area contributed by atoms with Crippen molar-refractivity contribution in [3.8, 4) is 0 Å². The molecule has 48 valence electrons. The maximum atomic E-state index is 10.2. The number of hydrogen-bond acceptors (Lipinski definition) is 5. The summed E-state index contributed by atoms with van der Waals surface area (Å²) >= 11 is 0. The molecule has 5 nitrogen and oxygen atoms in total. The van der Waals surface area contributed by atoms with Gasteiger partial charge in [-0.2, -0.15) is 0 Å². The number of carbonyl (C=O) groups is 1. The second-order valence-electron chi connectivity index (χ2n) is 1.30. The van der Waals surface area contributed by atoms with Crippen LogP contribution in [0, 0.1) is 0 Å². The summed E-state index contributed by atoms with van der Waals surface area (Å²) in [6, 6.07) is -0.713. The van der Waals surface area contributed by atoms with Crippen LogP contribution in [0.15, 0.2) is 0 Å². The molecule has 0 aliphatic carbocycles. The van der Waals surface area contributed by atoms with E-state index in [1.807, 2.05) is 0 Å². The molecule has 0 aliphatic rings. The van der Waals surface area contributed by atoms with Crippen molar-refractivity contribution < 1.29 is 14.8 Å². The van der Waals surface area contributed by atoms with Crippen molar-refractivity contribution in [2.75, 3.05) is 0 Å². The van der Waals surface area contributed by atoms with E-state index in [0.717, 1.165) is 0 Å². The topological polar surface area (TPSA) is 84.6 Å². The van der Waals surface area contributed by atoms with E-state index < -0.39 is 12.0 Å². The summed E-state index contributed by atoms with van der Waals surface area (Å²) in [4.78, 5) is 14.0. The normalized spacial score (nSPS) is 12.9. The molecule has 0 amide bonds. The number of nitrogens with two attached hydrogens (primary N) is 1. The molecule has 0 radical (unpaired) electrons. The minimum absolute atomic E-state index is 0.701. The van der Waals surface area contributed by atoms with Gasteiger partial charge in [0, 0.05) is 0 Å². The number of rotatable bonds is 2. The Morgan fingerprint density at radius 3 is 2.62 bits per heavy atom. The predicted octanol–water partition coefficient (Wildman–Crippen LogP) is -1.23. The molecule has 0 aromatic carbocycles. The minimum atomic E-state index is -0.713. The van der Waals surface area contributed by atoms with Crippen molar-refractivity contribution in [1.82, 2.24) is 5.64 Å². The van der Waals surface area contributed by atoms with Gasteiger partial charge in [0.15, 0.2) is 0 Å². The van der Waals surface area contributed by atoms with Crippen LogP contribution in [-0.4, -0.2) is 17.2 Å². The van der Waals surface area contributed by atoms with E-state index in [2.05, 4.69) is 4.84 Å². The van der Waals surface area contributed by atoms with Crippen molar-refractivity contribution in [2.24, 2.45) is 5.73 Å². The van der Waals surface area contributed by atoms with Crippen LogP contribution in [0.25, 0.3) is 0 Å². The van der Waals surface area contributed by atoms with E-state index in [1.54, 1.807) is 0 Å². The van der Waals surface area contributed by atoms with Crippen LogP contribution < -0.4 is 11.4 Å². The third-order valence-corrected chi connectivity index (χ3v) is 0.518. The van der Waals surface area contributed by atoms with Crippen LogP contribution in [-0.2, 0) is 9.63 Å². The summed E-state index contributed by atoms with van der Waals surface area (Å²) in [7, 11) is 0. The Balaban J connectivity index is 3.33. The minimum Gasteiger partial charge on any atom is -0.344 e. The molecule has 0 unspecified atom stereocenters. The maximum Gasteiger partial charge on any atom is 0.343 e. The maximum absolute atomic E-state index is 10.2. The first-order valence-electron chi connectivity index (χ1n) is 2.04. The molecule has 0 bridgehead atoms. The monoisotopic (exact) mass is 120 g/mol. The molecule has 0 saturated carbocycles. The lowest BCUT2D eigenvalue weighted by atomic mass is 10.4. The molecule has 4 N–H and O–H groups in total. The molecule has 0 fully saturated rings. The second-order valence-corrected chi connectivity index (χ2v) is 1.30. The summed E-state index contributed by atoms with van der Waals surface area (Å²) < 4.78 is 0. The van der Waals surface area contributed by atoms with Crippen LogP contribution >= 0.6 is 0 Å². The van der Waals surface area contributed by atoms with Crippen LogP contribution in [0.3, 0.4) is 0 Å². The number of hydrogen-bond donors (Lipinski definition) is 3. The van der Waals surface area contributed by atoms with E-state index in [4.69, 9.17) is 10.9 Å². The zero-order valence-electron chi connectivity index (χ0n) is 4.42. The molecule has 5 heteroatoms. The Morgan fingerprint density at radius 1 is 2.00 bits per heavy atom. The van der Waals surface area contributed by atoms with Crippen LogP contribution in [0.4, 0.5) is 0 Å². The van der Waals surface area contributed by atoms with Crippen molar-refractivity contribution in [3.63, 3.8) is 0 Å². The van der Waals surface area contributed by atoms with Gasteiger partial charge in [-0.1, -0.05) is 0 Å². The molecule has 0 aromatic rings. The molecule has 0 saturated heterocycles. The van der Waals surface area contributed by atoms with Gasteiger partial charge in [0.1, 0.15) is 6.04 Å². The summed E-state index contributed by atoms with van der Waals surface area (Å²) in [6.07, 6.45) is 0. The van der Waals surface area contributed by atoms with Crippen LogP contribution in [0.1, 0.15) is 6.92 Å². The lowest BCUT2D eigenvalue weighted by Gasteiger charge is -2.00. The lowest BCUT2D eigenvalue weighted by molar-refractivity contribution is -0.177. The molecular weight excluding hydrogens is 112 g/mol. The number of nitrogens with one attached hydrogen (secondary N) is 1. The van der Waals surface area contributed by atoms with Crippen molar-refractivity contribution >= 4 is 5.97 Å². The summed E-state index contributed by atoms with van der Waals surface area (Å²) in [6.45, 7) is 1.44. The molecule has 0 spiro atoms. The Morgan fingerprint density at radius 2 is 2.50 bits per heavy atom. The van der Waals surface area contributed by atoms with Gasteiger partial charge < -0.3 is 10.6 Å². The van der Waals surface area contributed by atoms with E-state index in [0.29, 0.717) is 0 Å². The summed E-state index contributed by atoms with van der Waals surface area (Å²) in [5.74, 6) is -0.701. The smallest absolute Gasteiger partial charge is 0.343 e. The highest BCUT2D eigenvalue weighted by Gasteiger charge is 2.06. The molecule has 1 atom stereocenters. The molecular formula is C3H8N2O3. The number of carbonyl (C=O) groups excluding carboxylic acids is 1. The quantitative estimate of drug-likeness (QED) is 0.397. The van der Waals surface area contributed by atoms with Gasteiger partial charge >= 0.3 is 5.97 Å². The Bertz CT molecular complexity index is 82.6. The Labute approximate surface area is 46.3 Å². The van der Waals surface area contributed by atoms with Gasteiger partial charge in [-0.15, -0.1) is 0 Å². The third-order valence-electron chi connectivity index (χ3n) is 0.518. The average molecular weight is 120 g/mol. The Hall–Kier alpha value is -0.650. The highest BCUT2D eigenvalue weighted by Crippen LogP contribution is 1.76. The fraction of sp³-hybridized carbons (Fsp3) is 0.667. The summed E-state index contributed by atoms with van der Waals surface area (Å²) in [5.41, 5.74) is 6.22. The molecule has 8 heavy (non-hydrogen) atoms. The fourth-order valence-corrected chi connectivity index (χ4v) is 0.138. The Kier molecular flexibility index (Phi) is 3.09. The lowest BCUT2D eigenvalue weighted by Crippen LogP contribution is -2.32. The van der Waals surface area contributed by atoms with Gasteiger partial charge in [0.25, 0.3) is 0 Å². The van der Waals surface area contributed by atoms with Gasteiger partial charge in [0.05, 0.1) is 0 Å². The molecule has 0 rings (SSSR count). The zero-order chi connectivity index (χ0) is 6.57. The van der Waals surface area contributed by atoms with Gasteiger partial charge in [-0.05, 0) is 12.6 Å². The first-order valence-corrected chi connectivity index (χ1v) is 2.04. The van der Waals surface area contributed by atoms with Gasteiger partial charge in [-0.3, -0.25) is 5.21 Å². The van der Waals surface area contributed by atoms with Gasteiger partial charge in [0.2, 0.25) is 0 Å². The average Bonchev–Trinajstić information content (AvgIpc) is 1.67.